The first-order chi connectivity index (χ1) is 7.72. The van der Waals surface area contributed by atoms with Crippen molar-refractivity contribution < 1.29 is 6.22 Å². The third kappa shape index (κ3) is 5.31. The predicted molar refractivity (Wildman–Crippen MR) is 69.4 cm³/mol. The number of hydrogen-bond acceptors (Lipinski definition) is 2. The quantitative estimate of drug-likeness (QED) is 0.729. The lowest BCUT2D eigenvalue weighted by Crippen LogP contribution is -2.31. The van der Waals surface area contributed by atoms with E-state index in [1.807, 2.05) is 13.0 Å². The van der Waals surface area contributed by atoms with E-state index in [0.29, 0.717) is 0 Å². The molecule has 1 rings (SSSR count). The molecule has 0 aromatic carbocycles. The number of piperidine rings is 1. The molecule has 0 spiro atoms. The third-order valence-corrected chi connectivity index (χ3v) is 3.08. The lowest BCUT2D eigenvalue weighted by molar-refractivity contribution is -0.117. The van der Waals surface area contributed by atoms with Crippen molar-refractivity contribution in [3.05, 3.63) is 12.2 Å². The van der Waals surface area contributed by atoms with E-state index in [9.17, 15) is 4.79 Å². The van der Waals surface area contributed by atoms with E-state index in [0.717, 1.165) is 13.0 Å². The van der Waals surface area contributed by atoms with Crippen LogP contribution in [0.1, 0.15) is 41.0 Å². The molecular formula is C13H26N2O. The van der Waals surface area contributed by atoms with Gasteiger partial charge in [0.15, 0.2) is 0 Å². The molecule has 0 saturated carbocycles. The zero-order valence-electron chi connectivity index (χ0n) is 10.5. The minimum Gasteiger partial charge on any atom is -0.350 e. The summed E-state index contributed by atoms with van der Waals surface area (Å²) in [5, 5.41) is 2.92. The summed E-state index contributed by atoms with van der Waals surface area (Å²) in [6.45, 7) is 7.36. The Balaban J connectivity index is 0.00000256. The van der Waals surface area contributed by atoms with Gasteiger partial charge in [-0.2, -0.15) is 0 Å². The van der Waals surface area contributed by atoms with E-state index in [1.165, 1.54) is 32.4 Å². The number of carbonyl (C=O) groups excluding carboxylic acids is 1. The lowest BCUT2D eigenvalue weighted by atomic mass is 10.1. The van der Waals surface area contributed by atoms with Crippen LogP contribution in [-0.2, 0) is 4.79 Å². The molecular weight excluding hydrogens is 200 g/mol. The van der Waals surface area contributed by atoms with Gasteiger partial charge in [-0.05, 0) is 39.3 Å². The van der Waals surface area contributed by atoms with Crippen molar-refractivity contribution in [3.63, 3.8) is 0 Å². The van der Waals surface area contributed by atoms with Crippen LogP contribution in [0.4, 0.5) is 0 Å². The summed E-state index contributed by atoms with van der Waals surface area (Å²) in [5.41, 5.74) is 0. The number of rotatable bonds is 5. The molecule has 3 heteroatoms. The van der Waals surface area contributed by atoms with Crippen LogP contribution in [0.15, 0.2) is 12.2 Å². The number of nitrogens with zero attached hydrogens (tertiary/aromatic N) is 1. The van der Waals surface area contributed by atoms with Gasteiger partial charge in [-0.15, -0.1) is 0 Å². The van der Waals surface area contributed by atoms with Gasteiger partial charge in [0.1, 0.15) is 0 Å². The van der Waals surface area contributed by atoms with Gasteiger partial charge in [0.25, 0.3) is 0 Å². The second-order valence-electron chi connectivity index (χ2n) is 4.58. The Kier molecular flexibility index (Phi) is 6.16. The molecule has 0 aromatic rings. The molecule has 1 saturated heterocycles. The average molecular weight is 226 g/mol. The van der Waals surface area contributed by atoms with Crippen molar-refractivity contribution in [2.75, 3.05) is 19.6 Å². The van der Waals surface area contributed by atoms with E-state index >= 15 is 0 Å². The van der Waals surface area contributed by atoms with Crippen molar-refractivity contribution in [2.24, 2.45) is 0 Å². The Bertz CT molecular complexity index is 238. The molecule has 16 heavy (non-hydrogen) atoms. The fourth-order valence-electron chi connectivity index (χ4n) is 1.84. The molecule has 1 fully saturated rings. The van der Waals surface area contributed by atoms with Crippen LogP contribution < -0.4 is 5.32 Å². The van der Waals surface area contributed by atoms with E-state index in [2.05, 4.69) is 17.1 Å². The molecule has 1 heterocycles. The zero-order chi connectivity index (χ0) is 11.8. The largest absolute Gasteiger partial charge is 0.350 e. The van der Waals surface area contributed by atoms with Gasteiger partial charge in [0.05, 0.1) is 0 Å². The Morgan fingerprint density at radius 2 is 2.12 bits per heavy atom. The predicted octanol–water partition coefficient (Wildman–Crippen LogP) is 2.19. The van der Waals surface area contributed by atoms with Crippen molar-refractivity contribution in [2.45, 2.75) is 45.6 Å². The van der Waals surface area contributed by atoms with Crippen LogP contribution in [0.3, 0.4) is 0 Å². The number of nitrogens with one attached hydrogen (secondary N) is 1. The second-order valence-corrected chi connectivity index (χ2v) is 4.58. The molecule has 0 aliphatic carbocycles. The Morgan fingerprint density at radius 3 is 2.75 bits per heavy atom. The molecule has 1 unspecified atom stereocenters. The number of amides is 1. The third-order valence-electron chi connectivity index (χ3n) is 3.08. The Labute approximate surface area is 100 Å². The summed E-state index contributed by atoms with van der Waals surface area (Å²) in [6.07, 6.45) is 8.57. The highest BCUT2D eigenvalue weighted by Crippen LogP contribution is 2.07. The molecule has 1 aliphatic rings. The van der Waals surface area contributed by atoms with E-state index < -0.39 is 0 Å². The first-order valence-electron chi connectivity index (χ1n) is 6.41. The normalized spacial score (nSPS) is 19.9. The fraction of sp³-hybridized carbons (Fsp3) is 0.769. The standard InChI is InChI=1S/C13H24N2O.H2/c1-3-12(2)14-13(16)8-7-11-15-9-5-4-6-10-15;/h7-8,12H,3-6,9-11H2,1-2H3,(H,14,16);1H/b8-7+;. The maximum atomic E-state index is 11.4. The first-order valence-corrected chi connectivity index (χ1v) is 6.41. The highest BCUT2D eigenvalue weighted by molar-refractivity contribution is 5.87. The summed E-state index contributed by atoms with van der Waals surface area (Å²) in [7, 11) is 0. The van der Waals surface area contributed by atoms with Crippen LogP contribution in [0.25, 0.3) is 0 Å². The molecule has 0 radical (unpaired) electrons. The average Bonchev–Trinajstić information content (AvgIpc) is 2.30. The number of carbonyl (C=O) groups is 1. The van der Waals surface area contributed by atoms with E-state index in [1.54, 1.807) is 6.08 Å². The summed E-state index contributed by atoms with van der Waals surface area (Å²) in [4.78, 5) is 13.8. The number of hydrogen-bond donors (Lipinski definition) is 1. The highest BCUT2D eigenvalue weighted by atomic mass is 16.1. The first kappa shape index (κ1) is 13.2. The van der Waals surface area contributed by atoms with Crippen molar-refractivity contribution in [1.29, 1.82) is 0 Å². The smallest absolute Gasteiger partial charge is 0.243 e. The van der Waals surface area contributed by atoms with Gasteiger partial charge in [-0.25, -0.2) is 0 Å². The fourth-order valence-corrected chi connectivity index (χ4v) is 1.84. The minimum absolute atomic E-state index is 0. The SMILES string of the molecule is CCC(C)NC(=O)/C=C/CN1CCCCC1.[HH]. The summed E-state index contributed by atoms with van der Waals surface area (Å²) < 4.78 is 0. The van der Waals surface area contributed by atoms with Gasteiger partial charge in [-0.3, -0.25) is 9.69 Å². The topological polar surface area (TPSA) is 32.3 Å². The van der Waals surface area contributed by atoms with Gasteiger partial charge in [0.2, 0.25) is 5.91 Å². The number of likely N-dealkylation sites (tertiary alicyclic amines) is 1. The summed E-state index contributed by atoms with van der Waals surface area (Å²) in [5.74, 6) is 0.0337. The summed E-state index contributed by atoms with van der Waals surface area (Å²) >= 11 is 0. The van der Waals surface area contributed by atoms with Crippen LogP contribution in [0.5, 0.6) is 0 Å². The molecule has 1 atom stereocenters. The Hall–Kier alpha value is -0.830. The molecule has 1 amide bonds. The molecule has 0 aromatic heterocycles. The monoisotopic (exact) mass is 226 g/mol. The minimum atomic E-state index is 0. The van der Waals surface area contributed by atoms with Gasteiger partial charge >= 0.3 is 0 Å². The lowest BCUT2D eigenvalue weighted by Gasteiger charge is -2.24. The van der Waals surface area contributed by atoms with Crippen molar-refractivity contribution in [1.82, 2.24) is 10.2 Å². The maximum Gasteiger partial charge on any atom is 0.243 e. The van der Waals surface area contributed by atoms with Crippen LogP contribution >= 0.6 is 0 Å². The van der Waals surface area contributed by atoms with Crippen molar-refractivity contribution >= 4 is 5.91 Å². The van der Waals surface area contributed by atoms with Crippen LogP contribution in [0, 0.1) is 0 Å². The van der Waals surface area contributed by atoms with Crippen molar-refractivity contribution in [3.8, 4) is 0 Å². The second kappa shape index (κ2) is 7.44. The molecule has 94 valence electrons. The van der Waals surface area contributed by atoms with Gasteiger partial charge in [0, 0.05) is 20.1 Å². The maximum absolute atomic E-state index is 11.4. The highest BCUT2D eigenvalue weighted by Gasteiger charge is 2.07. The zero-order valence-corrected chi connectivity index (χ0v) is 10.5. The van der Waals surface area contributed by atoms with Crippen LogP contribution in [0.2, 0.25) is 0 Å². The molecule has 1 aliphatic heterocycles. The van der Waals surface area contributed by atoms with Gasteiger partial charge < -0.3 is 5.32 Å². The van der Waals surface area contributed by atoms with Crippen LogP contribution in [-0.4, -0.2) is 36.5 Å². The van der Waals surface area contributed by atoms with Gasteiger partial charge in [-0.1, -0.05) is 19.4 Å². The molecule has 1 N–H and O–H groups in total. The van der Waals surface area contributed by atoms with E-state index in [-0.39, 0.29) is 13.4 Å². The molecule has 3 nitrogen and oxygen atoms in total. The Morgan fingerprint density at radius 1 is 1.44 bits per heavy atom. The molecule has 0 bridgehead atoms. The summed E-state index contributed by atoms with van der Waals surface area (Å²) in [6, 6.07) is 0.270. The van der Waals surface area contributed by atoms with E-state index in [4.69, 9.17) is 0 Å².